The molecule has 0 spiro atoms. The normalized spacial score (nSPS) is 25.4. The zero-order valence-corrected chi connectivity index (χ0v) is 16.1. The molecule has 5 heteroatoms. The molecule has 1 aromatic rings. The molecule has 2 aliphatic carbocycles. The molecule has 2 unspecified atom stereocenters. The molecule has 1 aromatic carbocycles. The van der Waals surface area contributed by atoms with Crippen molar-refractivity contribution < 1.29 is 14.3 Å². The minimum absolute atomic E-state index is 0.0375. The van der Waals surface area contributed by atoms with Gasteiger partial charge in [-0.3, -0.25) is 9.59 Å². The predicted molar refractivity (Wildman–Crippen MR) is 105 cm³/mol. The van der Waals surface area contributed by atoms with E-state index in [2.05, 4.69) is 5.32 Å². The number of nitrogens with one attached hydrogen (secondary N) is 1. The quantitative estimate of drug-likeness (QED) is 0.686. The molecule has 1 amide bonds. The average Bonchev–Trinajstić information content (AvgIpc) is 2.69. The summed E-state index contributed by atoms with van der Waals surface area (Å²) < 4.78 is 5.40. The second-order valence-corrected chi connectivity index (χ2v) is 8.17. The van der Waals surface area contributed by atoms with Gasteiger partial charge in [-0.25, -0.2) is 0 Å². The van der Waals surface area contributed by atoms with Gasteiger partial charge in [-0.15, -0.1) is 0 Å². The average molecular weight is 373 g/mol. The van der Waals surface area contributed by atoms with E-state index in [9.17, 15) is 9.59 Å². The van der Waals surface area contributed by atoms with Crippen molar-refractivity contribution >= 4 is 11.9 Å². The number of ether oxygens (including phenoxy) is 1. The largest absolute Gasteiger partial charge is 0.455 e. The Hall–Kier alpha value is -1.88. The highest BCUT2D eigenvalue weighted by Crippen LogP contribution is 2.43. The van der Waals surface area contributed by atoms with Gasteiger partial charge >= 0.3 is 5.97 Å². The minimum atomic E-state index is -0.500. The molecular weight excluding hydrogens is 340 g/mol. The van der Waals surface area contributed by atoms with Gasteiger partial charge in [0.05, 0.1) is 13.1 Å². The molecular formula is C22H32N2O3. The highest BCUT2D eigenvalue weighted by molar-refractivity contribution is 5.76. The van der Waals surface area contributed by atoms with Crippen molar-refractivity contribution in [2.45, 2.75) is 57.5 Å². The van der Waals surface area contributed by atoms with Gasteiger partial charge in [-0.05, 0) is 49.0 Å². The van der Waals surface area contributed by atoms with Gasteiger partial charge in [-0.1, -0.05) is 49.6 Å². The summed E-state index contributed by atoms with van der Waals surface area (Å²) in [5, 5.41) is 2.94. The Bertz CT molecular complexity index is 607. The fourth-order valence-electron chi connectivity index (χ4n) is 4.84. The number of hydrogen-bond acceptors (Lipinski definition) is 4. The molecule has 2 fully saturated rings. The third-order valence-corrected chi connectivity index (χ3v) is 6.10. The van der Waals surface area contributed by atoms with Crippen LogP contribution in [0.5, 0.6) is 0 Å². The lowest BCUT2D eigenvalue weighted by atomic mass is 9.67. The summed E-state index contributed by atoms with van der Waals surface area (Å²) in [5.41, 5.74) is 6.22. The Morgan fingerprint density at radius 3 is 2.48 bits per heavy atom. The Labute approximate surface area is 162 Å². The van der Waals surface area contributed by atoms with Crippen molar-refractivity contribution in [3.8, 4) is 0 Å². The topological polar surface area (TPSA) is 81.4 Å². The zero-order valence-electron chi connectivity index (χ0n) is 16.1. The van der Waals surface area contributed by atoms with E-state index in [0.717, 1.165) is 23.8 Å². The Balaban J connectivity index is 1.45. The molecule has 0 saturated heterocycles. The third kappa shape index (κ3) is 6.06. The summed E-state index contributed by atoms with van der Waals surface area (Å²) >= 11 is 0. The van der Waals surface area contributed by atoms with Crippen molar-refractivity contribution in [3.63, 3.8) is 0 Å². The summed E-state index contributed by atoms with van der Waals surface area (Å²) in [7, 11) is 0. The van der Waals surface area contributed by atoms with Crippen LogP contribution < -0.4 is 11.1 Å². The van der Waals surface area contributed by atoms with Gasteiger partial charge in [-0.2, -0.15) is 0 Å². The zero-order chi connectivity index (χ0) is 19.1. The molecule has 2 bridgehead atoms. The number of nitrogens with two attached hydrogens (primary N) is 1. The number of esters is 1. The maximum absolute atomic E-state index is 12.3. The van der Waals surface area contributed by atoms with E-state index in [1.165, 1.54) is 38.5 Å². The number of benzene rings is 1. The fraction of sp³-hybridized carbons (Fsp3) is 0.636. The van der Waals surface area contributed by atoms with Crippen LogP contribution in [-0.2, 0) is 14.3 Å². The summed E-state index contributed by atoms with van der Waals surface area (Å²) in [6, 6.07) is 9.47. The molecule has 0 aliphatic heterocycles. The Morgan fingerprint density at radius 2 is 1.81 bits per heavy atom. The molecule has 0 radical (unpaired) electrons. The molecule has 27 heavy (non-hydrogen) atoms. The molecule has 0 heterocycles. The first-order valence-corrected chi connectivity index (χ1v) is 10.3. The van der Waals surface area contributed by atoms with Gasteiger partial charge in [0.25, 0.3) is 0 Å². The van der Waals surface area contributed by atoms with E-state index in [0.29, 0.717) is 12.3 Å². The molecule has 0 aromatic heterocycles. The van der Waals surface area contributed by atoms with Crippen LogP contribution in [0.25, 0.3) is 0 Å². The minimum Gasteiger partial charge on any atom is -0.455 e. The van der Waals surface area contributed by atoms with Crippen LogP contribution in [0.15, 0.2) is 30.3 Å². The van der Waals surface area contributed by atoms with Crippen LogP contribution in [0.2, 0.25) is 0 Å². The van der Waals surface area contributed by atoms with Crippen LogP contribution >= 0.6 is 0 Å². The van der Waals surface area contributed by atoms with Crippen molar-refractivity contribution in [1.82, 2.24) is 5.32 Å². The second kappa shape index (κ2) is 9.88. The van der Waals surface area contributed by atoms with Crippen LogP contribution in [0.4, 0.5) is 0 Å². The first-order valence-electron chi connectivity index (χ1n) is 10.3. The van der Waals surface area contributed by atoms with Crippen LogP contribution in [0.1, 0.15) is 63.0 Å². The van der Waals surface area contributed by atoms with Crippen LogP contribution in [0, 0.1) is 17.8 Å². The first kappa shape index (κ1) is 19.9. The summed E-state index contributed by atoms with van der Waals surface area (Å²) in [4.78, 5) is 24.0. The van der Waals surface area contributed by atoms with E-state index in [1.54, 1.807) is 0 Å². The standard InChI is InChI=1S/C22H32N2O3/c23-14-22(26)27-20(19-7-2-1-3-8-19)15-24-21(25)10-9-18-12-16-5-4-6-17(11-16)13-18/h1-3,7-8,16-18,20H,4-6,9-15,23H2,(H,24,25)/t16?,17?,18?,20-/m1/s1. The van der Waals surface area contributed by atoms with E-state index in [4.69, 9.17) is 10.5 Å². The molecule has 3 rings (SSSR count). The van der Waals surface area contributed by atoms with E-state index in [-0.39, 0.29) is 19.0 Å². The molecule has 148 valence electrons. The van der Waals surface area contributed by atoms with E-state index in [1.807, 2.05) is 30.3 Å². The number of hydrogen-bond donors (Lipinski definition) is 2. The maximum Gasteiger partial charge on any atom is 0.320 e. The van der Waals surface area contributed by atoms with Crippen LogP contribution in [0.3, 0.4) is 0 Å². The van der Waals surface area contributed by atoms with Crippen molar-refractivity contribution in [3.05, 3.63) is 35.9 Å². The summed E-state index contributed by atoms with van der Waals surface area (Å²) in [5.74, 6) is 2.05. The van der Waals surface area contributed by atoms with E-state index < -0.39 is 12.1 Å². The van der Waals surface area contributed by atoms with Crippen molar-refractivity contribution in [2.75, 3.05) is 13.1 Å². The Kier molecular flexibility index (Phi) is 7.27. The van der Waals surface area contributed by atoms with Gasteiger partial charge in [0.15, 0.2) is 0 Å². The smallest absolute Gasteiger partial charge is 0.320 e. The SMILES string of the molecule is NCC(=O)O[C@H](CNC(=O)CCC1CC2CCCC(C2)C1)c1ccccc1. The lowest BCUT2D eigenvalue weighted by Gasteiger charge is -2.39. The first-order chi connectivity index (χ1) is 13.1. The van der Waals surface area contributed by atoms with Gasteiger partial charge in [0.2, 0.25) is 5.91 Å². The van der Waals surface area contributed by atoms with Crippen molar-refractivity contribution in [1.29, 1.82) is 0 Å². The fourth-order valence-corrected chi connectivity index (χ4v) is 4.84. The highest BCUT2D eigenvalue weighted by Gasteiger charge is 2.31. The predicted octanol–water partition coefficient (Wildman–Crippen LogP) is 3.34. The molecule has 3 N–H and O–H groups in total. The Morgan fingerprint density at radius 1 is 1.11 bits per heavy atom. The lowest BCUT2D eigenvalue weighted by Crippen LogP contribution is -2.32. The van der Waals surface area contributed by atoms with Gasteiger partial charge in [0, 0.05) is 6.42 Å². The third-order valence-electron chi connectivity index (χ3n) is 6.10. The number of carbonyl (C=O) groups excluding carboxylic acids is 2. The number of rotatable bonds is 8. The molecule has 3 atom stereocenters. The van der Waals surface area contributed by atoms with Crippen LogP contribution in [-0.4, -0.2) is 25.0 Å². The number of fused-ring (bicyclic) bond motifs is 2. The lowest BCUT2D eigenvalue weighted by molar-refractivity contribution is -0.148. The number of carbonyl (C=O) groups is 2. The monoisotopic (exact) mass is 372 g/mol. The van der Waals surface area contributed by atoms with Gasteiger partial charge in [0.1, 0.15) is 6.10 Å². The van der Waals surface area contributed by atoms with Crippen molar-refractivity contribution in [2.24, 2.45) is 23.5 Å². The second-order valence-electron chi connectivity index (χ2n) is 8.17. The molecule has 2 aliphatic rings. The molecule has 2 saturated carbocycles. The molecule has 5 nitrogen and oxygen atoms in total. The van der Waals surface area contributed by atoms with E-state index >= 15 is 0 Å². The number of amides is 1. The van der Waals surface area contributed by atoms with Gasteiger partial charge < -0.3 is 15.8 Å². The summed E-state index contributed by atoms with van der Waals surface area (Å²) in [6.07, 6.45) is 9.18. The summed E-state index contributed by atoms with van der Waals surface area (Å²) in [6.45, 7) is 0.117. The highest BCUT2D eigenvalue weighted by atomic mass is 16.5. The maximum atomic E-state index is 12.3.